The van der Waals surface area contributed by atoms with Crippen molar-refractivity contribution in [2.45, 2.75) is 6.92 Å². The molecule has 0 amide bonds. The second kappa shape index (κ2) is 7.37. The van der Waals surface area contributed by atoms with Crippen LogP contribution in [0.25, 0.3) is 33.4 Å². The normalized spacial score (nSPS) is 11.0. The second-order valence-corrected chi connectivity index (χ2v) is 7.14. The van der Waals surface area contributed by atoms with Crippen LogP contribution in [0.15, 0.2) is 89.6 Å². The lowest BCUT2D eigenvalue weighted by molar-refractivity contribution is 0.638. The van der Waals surface area contributed by atoms with Gasteiger partial charge in [0.2, 0.25) is 5.88 Å². The first-order valence-corrected chi connectivity index (χ1v) is 9.71. The number of benzene rings is 2. The van der Waals surface area contributed by atoms with Crippen molar-refractivity contribution in [2.24, 2.45) is 0 Å². The number of furan rings is 1. The third-order valence-corrected chi connectivity index (χ3v) is 5.04. The van der Waals surface area contributed by atoms with E-state index in [1.54, 1.807) is 12.4 Å². The maximum Gasteiger partial charge on any atom is 0.215 e. The highest BCUT2D eigenvalue weighted by Gasteiger charge is 2.17. The first kappa shape index (κ1) is 17.9. The molecule has 0 fully saturated rings. The van der Waals surface area contributed by atoms with Gasteiger partial charge in [-0.3, -0.25) is 9.97 Å². The van der Waals surface area contributed by atoms with Gasteiger partial charge in [-0.1, -0.05) is 42.5 Å². The number of anilines is 3. The minimum absolute atomic E-state index is 0.329. The van der Waals surface area contributed by atoms with Gasteiger partial charge in [-0.2, -0.15) is 0 Å². The highest BCUT2D eigenvalue weighted by molar-refractivity contribution is 6.03. The van der Waals surface area contributed by atoms with Gasteiger partial charge >= 0.3 is 0 Å². The molecule has 0 saturated heterocycles. The van der Waals surface area contributed by atoms with Crippen molar-refractivity contribution in [2.75, 3.05) is 11.1 Å². The van der Waals surface area contributed by atoms with Gasteiger partial charge in [0.1, 0.15) is 11.4 Å². The topological polar surface area (TPSA) is 77.0 Å². The fourth-order valence-electron chi connectivity index (χ4n) is 3.62. The molecule has 5 heteroatoms. The van der Waals surface area contributed by atoms with E-state index in [1.807, 2.05) is 55.5 Å². The summed E-state index contributed by atoms with van der Waals surface area (Å²) in [6.07, 6.45) is 3.54. The lowest BCUT2D eigenvalue weighted by Gasteiger charge is -2.08. The Bertz CT molecular complexity index is 1340. The largest absolute Gasteiger partial charge is 0.436 e. The number of nitrogens with one attached hydrogen (secondary N) is 1. The number of pyridine rings is 2. The molecule has 3 heterocycles. The van der Waals surface area contributed by atoms with E-state index in [1.165, 1.54) is 0 Å². The number of aryl methyl sites for hydroxylation is 1. The van der Waals surface area contributed by atoms with Crippen molar-refractivity contribution in [1.82, 2.24) is 9.97 Å². The van der Waals surface area contributed by atoms with E-state index >= 15 is 0 Å². The van der Waals surface area contributed by atoms with Gasteiger partial charge in [0.15, 0.2) is 5.58 Å². The molecule has 0 saturated carbocycles. The molecule has 0 bridgehead atoms. The molecule has 146 valence electrons. The fourth-order valence-corrected chi connectivity index (χ4v) is 3.62. The van der Waals surface area contributed by atoms with Crippen molar-refractivity contribution in [3.63, 3.8) is 0 Å². The third-order valence-electron chi connectivity index (χ3n) is 5.04. The van der Waals surface area contributed by atoms with Crippen LogP contribution in [0, 0.1) is 6.92 Å². The molecule has 0 atom stereocenters. The van der Waals surface area contributed by atoms with E-state index in [9.17, 15) is 0 Å². The van der Waals surface area contributed by atoms with E-state index in [-0.39, 0.29) is 0 Å². The van der Waals surface area contributed by atoms with Crippen LogP contribution < -0.4 is 11.1 Å². The summed E-state index contributed by atoms with van der Waals surface area (Å²) >= 11 is 0. The number of fused-ring (bicyclic) bond motifs is 1. The average molecular weight is 392 g/mol. The number of nitrogen functional groups attached to an aromatic ring is 1. The molecule has 0 aliphatic heterocycles. The number of rotatable bonds is 4. The number of hydrogen-bond acceptors (Lipinski definition) is 5. The SMILES string of the molecule is Cc1cc(-c2nccc3c(Nc4cccc(-c5ccccc5)c4)c(N)oc23)ccn1. The highest BCUT2D eigenvalue weighted by Crippen LogP contribution is 2.39. The van der Waals surface area contributed by atoms with Gasteiger partial charge in [-0.05, 0) is 48.4 Å². The lowest BCUT2D eigenvalue weighted by atomic mass is 10.1. The zero-order valence-corrected chi connectivity index (χ0v) is 16.5. The summed E-state index contributed by atoms with van der Waals surface area (Å²) in [4.78, 5) is 8.79. The molecule has 5 aromatic rings. The Hall–Kier alpha value is -4.12. The molecule has 0 unspecified atom stereocenters. The number of nitrogens with zero attached hydrogens (tertiary/aromatic N) is 2. The maximum absolute atomic E-state index is 6.26. The molecule has 3 aromatic heterocycles. The Labute approximate surface area is 174 Å². The quantitative estimate of drug-likeness (QED) is 0.381. The Morgan fingerprint density at radius 3 is 2.43 bits per heavy atom. The summed E-state index contributed by atoms with van der Waals surface area (Å²) < 4.78 is 5.94. The summed E-state index contributed by atoms with van der Waals surface area (Å²) in [6.45, 7) is 1.95. The number of nitrogens with two attached hydrogens (primary N) is 1. The first-order chi connectivity index (χ1) is 14.7. The van der Waals surface area contributed by atoms with E-state index < -0.39 is 0 Å². The van der Waals surface area contributed by atoms with Crippen LogP contribution in [0.3, 0.4) is 0 Å². The molecule has 5 nitrogen and oxygen atoms in total. The van der Waals surface area contributed by atoms with Crippen molar-refractivity contribution in [3.05, 3.63) is 90.9 Å². The van der Waals surface area contributed by atoms with Crippen LogP contribution in [0.5, 0.6) is 0 Å². The fraction of sp³-hybridized carbons (Fsp3) is 0.0400. The lowest BCUT2D eigenvalue weighted by Crippen LogP contribution is -1.94. The molecule has 0 aliphatic rings. The maximum atomic E-state index is 6.26. The van der Waals surface area contributed by atoms with E-state index in [2.05, 4.69) is 39.6 Å². The van der Waals surface area contributed by atoms with Gasteiger partial charge in [-0.25, -0.2) is 0 Å². The predicted molar refractivity (Wildman–Crippen MR) is 122 cm³/mol. The van der Waals surface area contributed by atoms with Crippen LogP contribution in [-0.2, 0) is 0 Å². The molecule has 0 spiro atoms. The molecule has 5 rings (SSSR count). The van der Waals surface area contributed by atoms with Crippen molar-refractivity contribution < 1.29 is 4.42 Å². The predicted octanol–water partition coefficient (Wildman–Crippen LogP) is 6.19. The standard InChI is InChI=1S/C25H20N4O/c1-16-14-19(10-12-27-16)22-24-21(11-13-28-22)23(25(26)30-24)29-20-9-5-8-18(15-20)17-6-3-2-4-7-17/h2-15,29H,26H2,1H3. The van der Waals surface area contributed by atoms with Gasteiger partial charge in [-0.15, -0.1) is 0 Å². The molecule has 2 aromatic carbocycles. The van der Waals surface area contributed by atoms with Crippen molar-refractivity contribution in [1.29, 1.82) is 0 Å². The van der Waals surface area contributed by atoms with Crippen LogP contribution in [0.1, 0.15) is 5.69 Å². The minimum Gasteiger partial charge on any atom is -0.436 e. The van der Waals surface area contributed by atoms with E-state index in [0.29, 0.717) is 11.5 Å². The number of aromatic nitrogens is 2. The average Bonchev–Trinajstić information content (AvgIpc) is 3.10. The molecule has 30 heavy (non-hydrogen) atoms. The minimum atomic E-state index is 0.329. The van der Waals surface area contributed by atoms with E-state index in [0.717, 1.165) is 44.8 Å². The molecular weight excluding hydrogens is 372 g/mol. The Kier molecular flexibility index (Phi) is 4.41. The zero-order chi connectivity index (χ0) is 20.5. The monoisotopic (exact) mass is 392 g/mol. The second-order valence-electron chi connectivity index (χ2n) is 7.14. The van der Waals surface area contributed by atoms with Crippen LogP contribution in [0.2, 0.25) is 0 Å². The van der Waals surface area contributed by atoms with Crippen molar-refractivity contribution in [3.8, 4) is 22.4 Å². The van der Waals surface area contributed by atoms with Gasteiger partial charge in [0.05, 0.1) is 5.39 Å². The molecule has 0 aliphatic carbocycles. The van der Waals surface area contributed by atoms with Crippen LogP contribution in [0.4, 0.5) is 17.3 Å². The van der Waals surface area contributed by atoms with Crippen LogP contribution >= 0.6 is 0 Å². The van der Waals surface area contributed by atoms with Gasteiger partial charge in [0, 0.05) is 29.3 Å². The van der Waals surface area contributed by atoms with Crippen LogP contribution in [-0.4, -0.2) is 9.97 Å². The summed E-state index contributed by atoms with van der Waals surface area (Å²) in [5.41, 5.74) is 13.5. The summed E-state index contributed by atoms with van der Waals surface area (Å²) in [7, 11) is 0. The molecular formula is C25H20N4O. The van der Waals surface area contributed by atoms with Crippen molar-refractivity contribution >= 4 is 28.2 Å². The van der Waals surface area contributed by atoms with Gasteiger partial charge < -0.3 is 15.5 Å². The Morgan fingerprint density at radius 1 is 0.800 bits per heavy atom. The molecule has 3 N–H and O–H groups in total. The van der Waals surface area contributed by atoms with E-state index in [4.69, 9.17) is 10.2 Å². The molecule has 0 radical (unpaired) electrons. The summed E-state index contributed by atoms with van der Waals surface area (Å²) in [6, 6.07) is 24.3. The summed E-state index contributed by atoms with van der Waals surface area (Å²) in [5, 5.41) is 4.32. The smallest absolute Gasteiger partial charge is 0.215 e. The number of hydrogen-bond donors (Lipinski definition) is 2. The first-order valence-electron chi connectivity index (χ1n) is 9.71. The highest BCUT2D eigenvalue weighted by atomic mass is 16.3. The third kappa shape index (κ3) is 3.26. The Balaban J connectivity index is 1.56. The Morgan fingerprint density at radius 2 is 1.60 bits per heavy atom. The van der Waals surface area contributed by atoms with Gasteiger partial charge in [0.25, 0.3) is 0 Å². The summed E-state index contributed by atoms with van der Waals surface area (Å²) in [5.74, 6) is 0.329. The zero-order valence-electron chi connectivity index (χ0n) is 16.5.